The summed E-state index contributed by atoms with van der Waals surface area (Å²) in [4.78, 5) is 12.3. The van der Waals surface area contributed by atoms with Gasteiger partial charge >= 0.3 is 0 Å². The van der Waals surface area contributed by atoms with E-state index >= 15 is 0 Å². The highest BCUT2D eigenvalue weighted by Crippen LogP contribution is 2.52. The summed E-state index contributed by atoms with van der Waals surface area (Å²) in [6, 6.07) is 0. The topological polar surface area (TPSA) is 17.1 Å². The maximum atomic E-state index is 12.3. The second-order valence-electron chi connectivity index (χ2n) is 9.17. The molecule has 0 spiro atoms. The van der Waals surface area contributed by atoms with Crippen molar-refractivity contribution in [2.75, 3.05) is 0 Å². The average Bonchev–Trinajstić information content (AvgIpc) is 2.63. The van der Waals surface area contributed by atoms with Crippen LogP contribution in [0.4, 0.5) is 0 Å². The van der Waals surface area contributed by atoms with Crippen molar-refractivity contribution in [1.29, 1.82) is 0 Å². The molecule has 0 aromatic rings. The predicted octanol–water partition coefficient (Wildman–Crippen LogP) is 7.12. The SMILES string of the molecule is CCCC1CCC(C2CCC(C3(C(=O)Cl)CCCCC3)CC2)CC1. The Morgan fingerprint density at radius 3 is 1.92 bits per heavy atom. The summed E-state index contributed by atoms with van der Waals surface area (Å²) < 4.78 is 0. The van der Waals surface area contributed by atoms with Gasteiger partial charge < -0.3 is 0 Å². The normalized spacial score (nSPS) is 37.1. The van der Waals surface area contributed by atoms with E-state index in [2.05, 4.69) is 6.92 Å². The van der Waals surface area contributed by atoms with E-state index in [1.165, 1.54) is 83.5 Å². The van der Waals surface area contributed by atoms with E-state index in [1.807, 2.05) is 0 Å². The van der Waals surface area contributed by atoms with Crippen LogP contribution in [-0.2, 0) is 4.79 Å². The molecule has 2 heteroatoms. The molecule has 3 aliphatic rings. The van der Waals surface area contributed by atoms with Crippen LogP contribution in [-0.4, -0.2) is 5.24 Å². The first-order valence-electron chi connectivity index (χ1n) is 10.9. The van der Waals surface area contributed by atoms with E-state index in [9.17, 15) is 4.79 Å². The fourth-order valence-electron chi connectivity index (χ4n) is 6.45. The maximum absolute atomic E-state index is 12.3. The van der Waals surface area contributed by atoms with E-state index < -0.39 is 0 Å². The van der Waals surface area contributed by atoms with Crippen LogP contribution in [0.15, 0.2) is 0 Å². The molecule has 0 radical (unpaired) electrons. The van der Waals surface area contributed by atoms with Crippen molar-refractivity contribution < 1.29 is 4.79 Å². The molecule has 138 valence electrons. The molecule has 24 heavy (non-hydrogen) atoms. The Bertz CT molecular complexity index is 396. The molecule has 1 nitrogen and oxygen atoms in total. The molecule has 0 heterocycles. The zero-order valence-electron chi connectivity index (χ0n) is 15.7. The summed E-state index contributed by atoms with van der Waals surface area (Å²) in [5.41, 5.74) is -0.149. The van der Waals surface area contributed by atoms with Crippen LogP contribution in [0.3, 0.4) is 0 Å². The minimum atomic E-state index is -0.149. The highest BCUT2D eigenvalue weighted by Gasteiger charge is 2.46. The van der Waals surface area contributed by atoms with Crippen molar-refractivity contribution in [2.24, 2.45) is 29.1 Å². The summed E-state index contributed by atoms with van der Waals surface area (Å²) >= 11 is 6.14. The molecule has 3 fully saturated rings. The van der Waals surface area contributed by atoms with Crippen molar-refractivity contribution >= 4 is 16.8 Å². The first kappa shape index (κ1) is 18.7. The average molecular weight is 353 g/mol. The van der Waals surface area contributed by atoms with Gasteiger partial charge in [0, 0.05) is 5.41 Å². The van der Waals surface area contributed by atoms with Gasteiger partial charge in [-0.2, -0.15) is 0 Å². The van der Waals surface area contributed by atoms with Crippen LogP contribution in [0.25, 0.3) is 0 Å². The Hall–Kier alpha value is -0.0400. The number of rotatable bonds is 5. The van der Waals surface area contributed by atoms with Gasteiger partial charge in [0.2, 0.25) is 5.24 Å². The first-order chi connectivity index (χ1) is 11.7. The Balaban J connectivity index is 1.51. The van der Waals surface area contributed by atoms with Crippen LogP contribution < -0.4 is 0 Å². The van der Waals surface area contributed by atoms with Crippen LogP contribution >= 0.6 is 11.6 Å². The third-order valence-corrected chi connectivity index (χ3v) is 8.32. The summed E-state index contributed by atoms with van der Waals surface area (Å²) in [6.07, 6.45) is 19.8. The molecular weight excluding hydrogens is 316 g/mol. The standard InChI is InChI=1S/C22H37ClO/c1-2-6-17-7-9-18(10-8-17)19-11-13-20(14-12-19)22(21(23)24)15-4-3-5-16-22/h17-20H,2-16H2,1H3. The predicted molar refractivity (Wildman–Crippen MR) is 102 cm³/mol. The molecule has 3 aliphatic carbocycles. The molecule has 0 aliphatic heterocycles. The minimum absolute atomic E-state index is 0.00859. The molecule has 0 atom stereocenters. The van der Waals surface area contributed by atoms with Gasteiger partial charge in [0.15, 0.2) is 0 Å². The number of carbonyl (C=O) groups is 1. The third kappa shape index (κ3) is 4.02. The number of hydrogen-bond donors (Lipinski definition) is 0. The van der Waals surface area contributed by atoms with E-state index in [0.717, 1.165) is 30.6 Å². The Morgan fingerprint density at radius 2 is 1.42 bits per heavy atom. The minimum Gasteiger partial charge on any atom is -0.281 e. The second kappa shape index (κ2) is 8.56. The van der Waals surface area contributed by atoms with E-state index in [1.54, 1.807) is 0 Å². The summed E-state index contributed by atoms with van der Waals surface area (Å²) in [6.45, 7) is 2.33. The lowest BCUT2D eigenvalue weighted by molar-refractivity contribution is -0.127. The van der Waals surface area contributed by atoms with Gasteiger partial charge in [-0.25, -0.2) is 0 Å². The highest BCUT2D eigenvalue weighted by atomic mass is 35.5. The van der Waals surface area contributed by atoms with Crippen LogP contribution in [0.1, 0.15) is 103 Å². The lowest BCUT2D eigenvalue weighted by Crippen LogP contribution is -2.41. The van der Waals surface area contributed by atoms with Crippen molar-refractivity contribution in [1.82, 2.24) is 0 Å². The van der Waals surface area contributed by atoms with Crippen LogP contribution in [0.2, 0.25) is 0 Å². The smallest absolute Gasteiger partial charge is 0.228 e. The van der Waals surface area contributed by atoms with Gasteiger partial charge in [-0.3, -0.25) is 4.79 Å². The quantitative estimate of drug-likeness (QED) is 0.481. The van der Waals surface area contributed by atoms with Crippen LogP contribution in [0, 0.1) is 29.1 Å². The van der Waals surface area contributed by atoms with Crippen molar-refractivity contribution in [3.05, 3.63) is 0 Å². The zero-order chi connectivity index (χ0) is 17.0. The first-order valence-corrected chi connectivity index (χ1v) is 11.2. The molecule has 0 aromatic carbocycles. The van der Waals surface area contributed by atoms with Gasteiger partial charge in [-0.15, -0.1) is 0 Å². The van der Waals surface area contributed by atoms with Gasteiger partial charge in [-0.05, 0) is 86.6 Å². The fraction of sp³-hybridized carbons (Fsp3) is 0.955. The molecule has 3 rings (SSSR count). The van der Waals surface area contributed by atoms with Gasteiger partial charge in [0.25, 0.3) is 0 Å². The Kier molecular flexibility index (Phi) is 6.69. The molecule has 0 amide bonds. The van der Waals surface area contributed by atoms with Gasteiger partial charge in [0.05, 0.1) is 0 Å². The Labute approximate surface area is 154 Å². The van der Waals surface area contributed by atoms with Crippen molar-refractivity contribution in [3.8, 4) is 0 Å². The molecule has 0 N–H and O–H groups in total. The van der Waals surface area contributed by atoms with Gasteiger partial charge in [0.1, 0.15) is 0 Å². The summed E-state index contributed by atoms with van der Waals surface area (Å²) in [7, 11) is 0. The second-order valence-corrected chi connectivity index (χ2v) is 9.51. The molecule has 3 saturated carbocycles. The van der Waals surface area contributed by atoms with E-state index in [-0.39, 0.29) is 10.7 Å². The monoisotopic (exact) mass is 352 g/mol. The van der Waals surface area contributed by atoms with Crippen molar-refractivity contribution in [3.63, 3.8) is 0 Å². The maximum Gasteiger partial charge on any atom is 0.228 e. The van der Waals surface area contributed by atoms with Crippen LogP contribution in [0.5, 0.6) is 0 Å². The fourth-order valence-corrected chi connectivity index (χ4v) is 6.79. The lowest BCUT2D eigenvalue weighted by Gasteiger charge is -2.45. The summed E-state index contributed by atoms with van der Waals surface area (Å²) in [5.74, 6) is 3.51. The zero-order valence-corrected chi connectivity index (χ0v) is 16.5. The van der Waals surface area contributed by atoms with E-state index in [0.29, 0.717) is 5.92 Å². The number of hydrogen-bond acceptors (Lipinski definition) is 1. The Morgan fingerprint density at radius 1 is 0.875 bits per heavy atom. The molecule has 0 aromatic heterocycles. The highest BCUT2D eigenvalue weighted by molar-refractivity contribution is 6.64. The van der Waals surface area contributed by atoms with Gasteiger partial charge in [-0.1, -0.05) is 51.9 Å². The number of carbonyl (C=O) groups excluding carboxylic acids is 1. The molecule has 0 saturated heterocycles. The lowest BCUT2D eigenvalue weighted by atomic mass is 9.59. The summed E-state index contributed by atoms with van der Waals surface area (Å²) in [5, 5.41) is -0.00859. The number of halogens is 1. The third-order valence-electron chi connectivity index (χ3n) is 7.95. The molecular formula is C22H37ClO. The van der Waals surface area contributed by atoms with Crippen molar-refractivity contribution in [2.45, 2.75) is 103 Å². The van der Waals surface area contributed by atoms with E-state index in [4.69, 9.17) is 11.6 Å². The molecule has 0 unspecified atom stereocenters. The molecule has 0 bridgehead atoms. The largest absolute Gasteiger partial charge is 0.281 e.